The molecule has 1 aromatic rings. The Hall–Kier alpha value is 0.444. The first-order chi connectivity index (χ1) is 6.41. The van der Waals surface area contributed by atoms with Crippen molar-refractivity contribution in [3.63, 3.8) is 0 Å². The summed E-state index contributed by atoms with van der Waals surface area (Å²) >= 11 is 1.81. The van der Waals surface area contributed by atoms with E-state index in [0.29, 0.717) is 0 Å². The van der Waals surface area contributed by atoms with Crippen molar-refractivity contribution in [3.8, 4) is 0 Å². The molecule has 0 radical (unpaired) electrons. The van der Waals surface area contributed by atoms with Crippen molar-refractivity contribution in [2.24, 2.45) is 0 Å². The minimum atomic E-state index is -1.11. The van der Waals surface area contributed by atoms with E-state index in [1.165, 1.54) is 16.7 Å². The van der Waals surface area contributed by atoms with E-state index >= 15 is 0 Å². The molecule has 1 nitrogen and oxygen atoms in total. The number of aromatic nitrogens is 1. The molecule has 0 bridgehead atoms. The fourth-order valence-electron chi connectivity index (χ4n) is 0.698. The van der Waals surface area contributed by atoms with Crippen molar-refractivity contribution >= 4 is 24.0 Å². The third-order valence-electron chi connectivity index (χ3n) is 1.61. The van der Waals surface area contributed by atoms with Gasteiger partial charge < -0.3 is 6.92 Å². The second-order valence-electron chi connectivity index (χ2n) is 4.40. The molecule has 0 atom stereocenters. The molecule has 0 aliphatic heterocycles. The minimum absolute atomic E-state index is 0. The largest absolute Gasteiger partial charge is 1.00 e. The number of nitrogens with zero attached hydrogens (tertiary/aromatic N) is 1. The Bertz CT molecular complexity index is 253. The van der Waals surface area contributed by atoms with Crippen LogP contribution in [0.5, 0.6) is 0 Å². The third kappa shape index (κ3) is 8.27. The van der Waals surface area contributed by atoms with Crippen LogP contribution in [0, 0.1) is 13.8 Å². The van der Waals surface area contributed by atoms with Crippen LogP contribution in [0.2, 0.25) is 19.6 Å². The van der Waals surface area contributed by atoms with Crippen LogP contribution < -0.4 is 23.5 Å². The Balaban J connectivity index is 0. The molecule has 4 heteroatoms. The Morgan fingerprint density at radius 3 is 2.00 bits per heavy atom. The maximum absolute atomic E-state index is 4.46. The molecule has 0 aliphatic carbocycles. The van der Waals surface area contributed by atoms with Gasteiger partial charge in [0.1, 0.15) is 8.07 Å². The van der Waals surface area contributed by atoms with Crippen molar-refractivity contribution in [2.75, 3.05) is 0 Å². The monoisotopic (exact) mass is 235 g/mol. The van der Waals surface area contributed by atoms with Gasteiger partial charge in [-0.2, -0.15) is 6.42 Å². The molecule has 0 aromatic carbocycles. The minimum Gasteiger partial charge on any atom is -0.343 e. The standard InChI is InChI=1S/C7H13NSSi.C4H9.Li/c1-6-5-9-7(8-6)10(2,3)4;1-3-4-2;/h5H,1-4H3;1,3-4H2,2H3;/q;-1;+1. The topological polar surface area (TPSA) is 12.9 Å². The molecule has 0 aliphatic rings. The van der Waals surface area contributed by atoms with Gasteiger partial charge in [0, 0.05) is 11.1 Å². The molecule has 0 amide bonds. The molecule has 1 aromatic heterocycles. The van der Waals surface area contributed by atoms with Gasteiger partial charge in [0.25, 0.3) is 0 Å². The van der Waals surface area contributed by atoms with E-state index < -0.39 is 8.07 Å². The Morgan fingerprint density at radius 2 is 1.87 bits per heavy atom. The predicted molar refractivity (Wildman–Crippen MR) is 70.1 cm³/mol. The maximum atomic E-state index is 4.46. The van der Waals surface area contributed by atoms with Crippen molar-refractivity contribution in [1.29, 1.82) is 0 Å². The number of hydrogen-bond acceptors (Lipinski definition) is 2. The summed E-state index contributed by atoms with van der Waals surface area (Å²) in [5.74, 6) is 0. The van der Waals surface area contributed by atoms with Gasteiger partial charge in [-0.25, -0.2) is 0 Å². The van der Waals surface area contributed by atoms with Crippen LogP contribution in [0.3, 0.4) is 0 Å². The number of rotatable bonds is 2. The first kappa shape index (κ1) is 17.8. The van der Waals surface area contributed by atoms with Gasteiger partial charge in [0.15, 0.2) is 0 Å². The van der Waals surface area contributed by atoms with E-state index in [0.717, 1.165) is 6.42 Å². The molecule has 0 spiro atoms. The van der Waals surface area contributed by atoms with Crippen LogP contribution in [0.4, 0.5) is 0 Å². The van der Waals surface area contributed by atoms with Gasteiger partial charge in [-0.05, 0) is 6.92 Å². The normalized spacial score (nSPS) is 10.0. The molecule has 0 fully saturated rings. The van der Waals surface area contributed by atoms with Gasteiger partial charge in [-0.15, -0.1) is 11.3 Å². The van der Waals surface area contributed by atoms with Crippen LogP contribution in [0.15, 0.2) is 5.38 Å². The Kier molecular flexibility index (Phi) is 10.2. The summed E-state index contributed by atoms with van der Waals surface area (Å²) in [5, 5.41) is 2.13. The van der Waals surface area contributed by atoms with Crippen LogP contribution in [0.1, 0.15) is 25.5 Å². The summed E-state index contributed by atoms with van der Waals surface area (Å²) in [4.78, 5) is 4.46. The van der Waals surface area contributed by atoms with Crippen LogP contribution >= 0.6 is 11.3 Å². The van der Waals surface area contributed by atoms with E-state index in [-0.39, 0.29) is 18.9 Å². The number of aryl methyl sites for hydroxylation is 1. The molecule has 0 saturated heterocycles. The van der Waals surface area contributed by atoms with Crippen molar-refractivity contribution in [1.82, 2.24) is 4.98 Å². The second-order valence-corrected chi connectivity index (χ2v) is 10.6. The molecule has 1 heterocycles. The van der Waals surface area contributed by atoms with Crippen molar-refractivity contribution in [2.45, 2.75) is 46.3 Å². The van der Waals surface area contributed by atoms with E-state index in [1.807, 2.05) is 11.3 Å². The SMILES string of the molecule is Cc1csc([Si](C)(C)C)n1.[CH2-]CCC.[Li+]. The summed E-state index contributed by atoms with van der Waals surface area (Å²) in [6.45, 7) is 14.8. The van der Waals surface area contributed by atoms with Crippen LogP contribution in [-0.4, -0.2) is 13.1 Å². The van der Waals surface area contributed by atoms with Crippen molar-refractivity contribution in [3.05, 3.63) is 18.0 Å². The van der Waals surface area contributed by atoms with Crippen LogP contribution in [0.25, 0.3) is 0 Å². The molecule has 0 saturated carbocycles. The molecular weight excluding hydrogens is 213 g/mol. The maximum Gasteiger partial charge on any atom is 1.00 e. The summed E-state index contributed by atoms with van der Waals surface area (Å²) < 4.78 is 1.37. The zero-order chi connectivity index (χ0) is 11.2. The Morgan fingerprint density at radius 1 is 1.40 bits per heavy atom. The number of unbranched alkanes of at least 4 members (excludes halogenated alkanes) is 1. The summed E-state index contributed by atoms with van der Waals surface area (Å²) in [6, 6.07) is 0. The average molecular weight is 235 g/mol. The first-order valence-corrected chi connectivity index (χ1v) is 9.51. The fraction of sp³-hybridized carbons (Fsp3) is 0.636. The van der Waals surface area contributed by atoms with Gasteiger partial charge in [0.2, 0.25) is 0 Å². The average Bonchev–Trinajstić information content (AvgIpc) is 2.51. The smallest absolute Gasteiger partial charge is 0.343 e. The van der Waals surface area contributed by atoms with E-state index in [9.17, 15) is 0 Å². The van der Waals surface area contributed by atoms with E-state index in [4.69, 9.17) is 0 Å². The van der Waals surface area contributed by atoms with Gasteiger partial charge >= 0.3 is 18.9 Å². The molecular formula is C11H22LiNSSi. The second kappa shape index (κ2) is 8.58. The third-order valence-corrected chi connectivity index (χ3v) is 5.97. The molecule has 1 rings (SSSR count). The van der Waals surface area contributed by atoms with Gasteiger partial charge in [-0.3, -0.25) is 4.98 Å². The van der Waals surface area contributed by atoms with Crippen molar-refractivity contribution < 1.29 is 18.9 Å². The fourth-order valence-corrected chi connectivity index (χ4v) is 3.33. The molecule has 0 unspecified atom stereocenters. The number of hydrogen-bond donors (Lipinski definition) is 0. The zero-order valence-electron chi connectivity index (χ0n) is 11.1. The summed E-state index contributed by atoms with van der Waals surface area (Å²) in [7, 11) is -1.11. The molecule has 15 heavy (non-hydrogen) atoms. The zero-order valence-corrected chi connectivity index (χ0v) is 12.9. The summed E-state index contributed by atoms with van der Waals surface area (Å²) in [5.41, 5.74) is 1.17. The van der Waals surface area contributed by atoms with Gasteiger partial charge in [-0.1, -0.05) is 33.0 Å². The number of thiazole rings is 1. The molecule has 0 N–H and O–H groups in total. The Labute approximate surface area is 112 Å². The quantitative estimate of drug-likeness (QED) is 0.541. The van der Waals surface area contributed by atoms with E-state index in [2.05, 4.69) is 50.8 Å². The summed E-state index contributed by atoms with van der Waals surface area (Å²) in [6.07, 6.45) is 2.28. The van der Waals surface area contributed by atoms with E-state index in [1.54, 1.807) is 0 Å². The predicted octanol–water partition coefficient (Wildman–Crippen LogP) is 0.621. The van der Waals surface area contributed by atoms with Gasteiger partial charge in [0.05, 0.1) is 4.63 Å². The first-order valence-electron chi connectivity index (χ1n) is 5.13. The van der Waals surface area contributed by atoms with Crippen LogP contribution in [-0.2, 0) is 0 Å². The molecule has 82 valence electrons.